The van der Waals surface area contributed by atoms with Gasteiger partial charge in [-0.3, -0.25) is 9.69 Å². The number of amides is 1. The number of fused-ring (bicyclic) bond motifs is 1. The summed E-state index contributed by atoms with van der Waals surface area (Å²) in [6.07, 6.45) is 6.48. The van der Waals surface area contributed by atoms with Gasteiger partial charge in [-0.05, 0) is 64.0 Å². The van der Waals surface area contributed by atoms with Crippen molar-refractivity contribution in [2.45, 2.75) is 65.3 Å². The first-order valence-corrected chi connectivity index (χ1v) is 10.7. The maximum atomic E-state index is 12.6. The number of likely N-dealkylation sites (tertiary alicyclic amines) is 1. The van der Waals surface area contributed by atoms with Gasteiger partial charge in [-0.1, -0.05) is 13.3 Å². The van der Waals surface area contributed by atoms with Gasteiger partial charge >= 0.3 is 5.97 Å². The smallest absolute Gasteiger partial charge is 0.341 e. The average Bonchev–Trinajstić information content (AvgIpc) is 2.93. The summed E-state index contributed by atoms with van der Waals surface area (Å²) in [6, 6.07) is 0.441. The van der Waals surface area contributed by atoms with Crippen molar-refractivity contribution in [3.05, 3.63) is 16.0 Å². The molecule has 0 unspecified atom stereocenters. The van der Waals surface area contributed by atoms with Gasteiger partial charge in [0.1, 0.15) is 5.00 Å². The molecule has 0 saturated carbocycles. The van der Waals surface area contributed by atoms with Gasteiger partial charge in [0.05, 0.1) is 18.7 Å². The second-order valence-corrected chi connectivity index (χ2v) is 8.74. The summed E-state index contributed by atoms with van der Waals surface area (Å²) in [4.78, 5) is 28.6. The highest BCUT2D eigenvalue weighted by molar-refractivity contribution is 7.17. The van der Waals surface area contributed by atoms with Gasteiger partial charge in [-0.25, -0.2) is 4.79 Å². The molecule has 1 fully saturated rings. The minimum absolute atomic E-state index is 0.0315. The Labute approximate surface area is 160 Å². The third-order valence-electron chi connectivity index (χ3n) is 5.53. The fraction of sp³-hybridized carbons (Fsp3) is 0.700. The van der Waals surface area contributed by atoms with E-state index < -0.39 is 0 Å². The van der Waals surface area contributed by atoms with Crippen LogP contribution >= 0.6 is 11.3 Å². The van der Waals surface area contributed by atoms with E-state index in [1.807, 2.05) is 6.92 Å². The number of rotatable bonds is 5. The summed E-state index contributed by atoms with van der Waals surface area (Å²) < 4.78 is 5.27. The Morgan fingerprint density at radius 1 is 1.27 bits per heavy atom. The standard InChI is InChI=1S/C20H30N2O3S/c1-4-25-20(24)18-15-9-8-13(2)11-16(15)26-19(18)21-17(23)12-22-10-6-5-7-14(22)3/h13-14H,4-12H2,1-3H3,(H,21,23)/t13-,14-/m1/s1. The van der Waals surface area contributed by atoms with Crippen molar-refractivity contribution in [3.8, 4) is 0 Å². The summed E-state index contributed by atoms with van der Waals surface area (Å²) in [5.41, 5.74) is 1.69. The van der Waals surface area contributed by atoms with Crippen molar-refractivity contribution in [1.82, 2.24) is 4.90 Å². The fourth-order valence-electron chi connectivity index (χ4n) is 4.00. The van der Waals surface area contributed by atoms with Gasteiger partial charge in [-0.2, -0.15) is 0 Å². The van der Waals surface area contributed by atoms with E-state index in [0.29, 0.717) is 35.7 Å². The Balaban J connectivity index is 1.77. The third kappa shape index (κ3) is 4.29. The van der Waals surface area contributed by atoms with E-state index in [1.165, 1.54) is 11.3 Å². The largest absolute Gasteiger partial charge is 0.462 e. The Hall–Kier alpha value is -1.40. The summed E-state index contributed by atoms with van der Waals surface area (Å²) in [5, 5.41) is 3.70. The number of hydrogen-bond acceptors (Lipinski definition) is 5. The van der Waals surface area contributed by atoms with Crippen LogP contribution in [0.1, 0.15) is 67.3 Å². The van der Waals surface area contributed by atoms with Crippen LogP contribution in [-0.4, -0.2) is 42.5 Å². The second-order valence-electron chi connectivity index (χ2n) is 7.64. The second kappa shape index (κ2) is 8.53. The summed E-state index contributed by atoms with van der Waals surface area (Å²) >= 11 is 1.56. The predicted octanol–water partition coefficient (Wildman–Crippen LogP) is 3.86. The van der Waals surface area contributed by atoms with Crippen LogP contribution in [0.2, 0.25) is 0 Å². The molecule has 144 valence electrons. The van der Waals surface area contributed by atoms with Gasteiger partial charge in [-0.15, -0.1) is 11.3 Å². The van der Waals surface area contributed by atoms with Crippen molar-refractivity contribution in [2.75, 3.05) is 25.0 Å². The van der Waals surface area contributed by atoms with Gasteiger partial charge < -0.3 is 10.1 Å². The average molecular weight is 379 g/mol. The van der Waals surface area contributed by atoms with Crippen LogP contribution in [0.15, 0.2) is 0 Å². The lowest BCUT2D eigenvalue weighted by Gasteiger charge is -2.32. The molecule has 1 aliphatic carbocycles. The lowest BCUT2D eigenvalue weighted by Crippen LogP contribution is -2.42. The van der Waals surface area contributed by atoms with Crippen molar-refractivity contribution < 1.29 is 14.3 Å². The Kier molecular flexibility index (Phi) is 6.35. The molecule has 0 spiro atoms. The molecule has 3 rings (SSSR count). The van der Waals surface area contributed by atoms with E-state index in [-0.39, 0.29) is 11.9 Å². The monoisotopic (exact) mass is 378 g/mol. The predicted molar refractivity (Wildman–Crippen MR) is 105 cm³/mol. The lowest BCUT2D eigenvalue weighted by molar-refractivity contribution is -0.118. The summed E-state index contributed by atoms with van der Waals surface area (Å²) in [7, 11) is 0. The maximum Gasteiger partial charge on any atom is 0.341 e. The van der Waals surface area contributed by atoms with E-state index in [9.17, 15) is 9.59 Å². The number of ether oxygens (including phenoxy) is 1. The first-order valence-electron chi connectivity index (χ1n) is 9.85. The molecule has 1 aromatic heterocycles. The van der Waals surface area contributed by atoms with Crippen molar-refractivity contribution in [1.29, 1.82) is 0 Å². The van der Waals surface area contributed by atoms with E-state index in [2.05, 4.69) is 24.1 Å². The number of carbonyl (C=O) groups excluding carboxylic acids is 2. The van der Waals surface area contributed by atoms with E-state index in [1.54, 1.807) is 11.3 Å². The molecular formula is C20H30N2O3S. The van der Waals surface area contributed by atoms with Crippen molar-refractivity contribution in [3.63, 3.8) is 0 Å². The van der Waals surface area contributed by atoms with Gasteiger partial charge in [0.25, 0.3) is 0 Å². The topological polar surface area (TPSA) is 58.6 Å². The SMILES string of the molecule is CCOC(=O)c1c(NC(=O)CN2CCCC[C@H]2C)sc2c1CC[C@@H](C)C2. The third-order valence-corrected chi connectivity index (χ3v) is 6.70. The molecule has 2 aliphatic rings. The summed E-state index contributed by atoms with van der Waals surface area (Å²) in [5.74, 6) is 0.283. The molecule has 2 heterocycles. The highest BCUT2D eigenvalue weighted by Crippen LogP contribution is 2.40. The van der Waals surface area contributed by atoms with Crippen LogP contribution in [0, 0.1) is 5.92 Å². The molecule has 1 aliphatic heterocycles. The number of carbonyl (C=O) groups is 2. The molecule has 0 radical (unpaired) electrons. The number of thiophene rings is 1. The number of hydrogen-bond donors (Lipinski definition) is 1. The van der Waals surface area contributed by atoms with Crippen LogP contribution in [-0.2, 0) is 22.4 Å². The molecule has 1 N–H and O–H groups in total. The van der Waals surface area contributed by atoms with Crippen LogP contribution in [0.5, 0.6) is 0 Å². The number of nitrogens with zero attached hydrogens (tertiary/aromatic N) is 1. The van der Waals surface area contributed by atoms with Crippen molar-refractivity contribution >= 4 is 28.2 Å². The summed E-state index contributed by atoms with van der Waals surface area (Å²) in [6.45, 7) is 7.94. The van der Waals surface area contributed by atoms with E-state index in [4.69, 9.17) is 4.74 Å². The molecular weight excluding hydrogens is 348 g/mol. The zero-order valence-electron chi connectivity index (χ0n) is 16.1. The number of esters is 1. The zero-order chi connectivity index (χ0) is 18.7. The number of piperidine rings is 1. The van der Waals surface area contributed by atoms with Crippen molar-refractivity contribution in [2.24, 2.45) is 5.92 Å². The van der Waals surface area contributed by atoms with Crippen LogP contribution in [0.4, 0.5) is 5.00 Å². The molecule has 0 aromatic carbocycles. The minimum atomic E-state index is -0.304. The highest BCUT2D eigenvalue weighted by Gasteiger charge is 2.29. The molecule has 1 amide bonds. The Bertz CT molecular complexity index is 670. The normalized spacial score (nSPS) is 23.3. The maximum absolute atomic E-state index is 12.6. The fourth-order valence-corrected chi connectivity index (χ4v) is 5.42. The van der Waals surface area contributed by atoms with Gasteiger partial charge in [0, 0.05) is 10.9 Å². The van der Waals surface area contributed by atoms with Crippen LogP contribution < -0.4 is 5.32 Å². The zero-order valence-corrected chi connectivity index (χ0v) is 16.9. The quantitative estimate of drug-likeness (QED) is 0.791. The van der Waals surface area contributed by atoms with Gasteiger partial charge in [0.2, 0.25) is 5.91 Å². The molecule has 1 saturated heterocycles. The Morgan fingerprint density at radius 2 is 2.08 bits per heavy atom. The number of nitrogens with one attached hydrogen (secondary N) is 1. The van der Waals surface area contributed by atoms with E-state index >= 15 is 0 Å². The van der Waals surface area contributed by atoms with Crippen LogP contribution in [0.3, 0.4) is 0 Å². The molecule has 0 bridgehead atoms. The molecule has 1 aromatic rings. The first-order chi connectivity index (χ1) is 12.5. The van der Waals surface area contributed by atoms with Gasteiger partial charge in [0.15, 0.2) is 0 Å². The first kappa shape index (κ1) is 19.4. The molecule has 5 nitrogen and oxygen atoms in total. The number of anilines is 1. The van der Waals surface area contributed by atoms with Crippen LogP contribution in [0.25, 0.3) is 0 Å². The highest BCUT2D eigenvalue weighted by atomic mass is 32.1. The van der Waals surface area contributed by atoms with E-state index in [0.717, 1.165) is 44.2 Å². The lowest BCUT2D eigenvalue weighted by atomic mass is 9.88. The minimum Gasteiger partial charge on any atom is -0.462 e. The molecule has 6 heteroatoms. The molecule has 2 atom stereocenters. The molecule has 26 heavy (non-hydrogen) atoms. The Morgan fingerprint density at radius 3 is 2.81 bits per heavy atom.